The Morgan fingerprint density at radius 2 is 2.04 bits per heavy atom. The first-order valence-electron chi connectivity index (χ1n) is 9.01. The highest BCUT2D eigenvalue weighted by atomic mass is 79.9. The molecule has 1 fully saturated rings. The molecule has 0 spiro atoms. The summed E-state index contributed by atoms with van der Waals surface area (Å²) in [5, 5.41) is 4.03. The smallest absolute Gasteiger partial charge is 0.275 e. The van der Waals surface area contributed by atoms with Crippen LogP contribution in [0.25, 0.3) is 10.9 Å². The number of pyridine rings is 1. The molecule has 0 radical (unpaired) electrons. The molecular formula is C20H21BrN4O2. The van der Waals surface area contributed by atoms with E-state index in [0.29, 0.717) is 10.2 Å². The average Bonchev–Trinajstić information content (AvgIpc) is 3.10. The van der Waals surface area contributed by atoms with Gasteiger partial charge in [-0.2, -0.15) is 0 Å². The number of morpholine rings is 1. The van der Waals surface area contributed by atoms with E-state index in [9.17, 15) is 4.79 Å². The number of nitrogens with one attached hydrogen (secondary N) is 1. The maximum absolute atomic E-state index is 12.4. The van der Waals surface area contributed by atoms with Gasteiger partial charge in [-0.25, -0.2) is 4.98 Å². The summed E-state index contributed by atoms with van der Waals surface area (Å²) >= 11 is 3.36. The summed E-state index contributed by atoms with van der Waals surface area (Å²) in [5.41, 5.74) is 2.30. The molecule has 3 aromatic rings. The lowest BCUT2D eigenvalue weighted by Gasteiger charge is -2.26. The summed E-state index contributed by atoms with van der Waals surface area (Å²) in [4.78, 5) is 19.0. The summed E-state index contributed by atoms with van der Waals surface area (Å²) in [6.45, 7) is 5.59. The molecular weight excluding hydrogens is 408 g/mol. The number of ether oxygens (including phenoxy) is 1. The predicted octanol–water partition coefficient (Wildman–Crippen LogP) is 3.38. The molecule has 7 heteroatoms. The van der Waals surface area contributed by atoms with Crippen LogP contribution in [-0.4, -0.2) is 53.2 Å². The van der Waals surface area contributed by atoms with E-state index in [4.69, 9.17) is 4.74 Å². The first-order valence-corrected chi connectivity index (χ1v) is 9.81. The Morgan fingerprint density at radius 3 is 2.85 bits per heavy atom. The maximum Gasteiger partial charge on any atom is 0.275 e. The zero-order chi connectivity index (χ0) is 18.6. The SMILES string of the molecule is O=C(Nc1ccc2c(ccn2CCN2CCOCC2)c1)c1ncccc1Br. The number of benzene rings is 1. The van der Waals surface area contributed by atoms with Crippen molar-refractivity contribution in [1.29, 1.82) is 0 Å². The normalized spacial score (nSPS) is 15.1. The van der Waals surface area contributed by atoms with E-state index < -0.39 is 0 Å². The van der Waals surface area contributed by atoms with Crippen LogP contribution in [-0.2, 0) is 11.3 Å². The van der Waals surface area contributed by atoms with Crippen LogP contribution in [0, 0.1) is 0 Å². The minimum atomic E-state index is -0.228. The highest BCUT2D eigenvalue weighted by molar-refractivity contribution is 9.10. The molecule has 0 aliphatic carbocycles. The molecule has 1 aliphatic rings. The highest BCUT2D eigenvalue weighted by Crippen LogP contribution is 2.22. The second-order valence-corrected chi connectivity index (χ2v) is 7.38. The van der Waals surface area contributed by atoms with E-state index in [2.05, 4.69) is 54.0 Å². The van der Waals surface area contributed by atoms with Crippen molar-refractivity contribution in [1.82, 2.24) is 14.5 Å². The Balaban J connectivity index is 1.45. The van der Waals surface area contributed by atoms with Crippen molar-refractivity contribution in [2.45, 2.75) is 6.54 Å². The summed E-state index contributed by atoms with van der Waals surface area (Å²) in [6, 6.07) is 11.7. The van der Waals surface area contributed by atoms with Crippen LogP contribution in [0.15, 0.2) is 53.3 Å². The lowest BCUT2D eigenvalue weighted by atomic mass is 10.2. The van der Waals surface area contributed by atoms with E-state index in [0.717, 1.165) is 50.5 Å². The third-order valence-corrected chi connectivity index (χ3v) is 5.40. The minimum Gasteiger partial charge on any atom is -0.379 e. The number of halogens is 1. The summed E-state index contributed by atoms with van der Waals surface area (Å²) in [6.07, 6.45) is 3.71. The monoisotopic (exact) mass is 428 g/mol. The molecule has 0 saturated carbocycles. The third-order valence-electron chi connectivity index (χ3n) is 4.76. The first-order chi connectivity index (χ1) is 13.2. The molecule has 1 aliphatic heterocycles. The molecule has 3 heterocycles. The number of aromatic nitrogens is 2. The lowest BCUT2D eigenvalue weighted by Crippen LogP contribution is -2.38. The fourth-order valence-corrected chi connectivity index (χ4v) is 3.72. The number of carbonyl (C=O) groups excluding carboxylic acids is 1. The standard InChI is InChI=1S/C20H21BrN4O2/c21-17-2-1-6-22-19(17)20(26)23-16-3-4-18-15(14-16)5-7-25(18)9-8-24-10-12-27-13-11-24/h1-7,14H,8-13H2,(H,23,26). The van der Waals surface area contributed by atoms with Gasteiger partial charge in [0.2, 0.25) is 0 Å². The largest absolute Gasteiger partial charge is 0.379 e. The van der Waals surface area contributed by atoms with Gasteiger partial charge in [0.1, 0.15) is 5.69 Å². The Kier molecular flexibility index (Phi) is 5.52. The van der Waals surface area contributed by atoms with E-state index in [1.807, 2.05) is 12.1 Å². The number of rotatable bonds is 5. The fourth-order valence-electron chi connectivity index (χ4n) is 3.29. The molecule has 6 nitrogen and oxygen atoms in total. The summed E-state index contributed by atoms with van der Waals surface area (Å²) < 4.78 is 8.34. The van der Waals surface area contributed by atoms with Gasteiger partial charge in [0.15, 0.2) is 0 Å². The van der Waals surface area contributed by atoms with Gasteiger partial charge in [0.05, 0.1) is 13.2 Å². The molecule has 27 heavy (non-hydrogen) atoms. The van der Waals surface area contributed by atoms with Crippen molar-refractivity contribution in [3.8, 4) is 0 Å². The van der Waals surface area contributed by atoms with Gasteiger partial charge < -0.3 is 14.6 Å². The van der Waals surface area contributed by atoms with Crippen molar-refractivity contribution >= 4 is 38.4 Å². The molecule has 1 saturated heterocycles. The molecule has 140 valence electrons. The zero-order valence-corrected chi connectivity index (χ0v) is 16.5. The van der Waals surface area contributed by atoms with Crippen LogP contribution in [0.3, 0.4) is 0 Å². The highest BCUT2D eigenvalue weighted by Gasteiger charge is 2.13. The molecule has 1 N–H and O–H groups in total. The zero-order valence-electron chi connectivity index (χ0n) is 14.9. The second kappa shape index (κ2) is 8.21. The van der Waals surface area contributed by atoms with Crippen LogP contribution >= 0.6 is 15.9 Å². The van der Waals surface area contributed by atoms with Gasteiger partial charge in [0, 0.05) is 59.6 Å². The second-order valence-electron chi connectivity index (χ2n) is 6.52. The van der Waals surface area contributed by atoms with Gasteiger partial charge in [-0.1, -0.05) is 0 Å². The van der Waals surface area contributed by atoms with Gasteiger partial charge >= 0.3 is 0 Å². The van der Waals surface area contributed by atoms with Gasteiger partial charge in [-0.15, -0.1) is 0 Å². The Morgan fingerprint density at radius 1 is 1.19 bits per heavy atom. The van der Waals surface area contributed by atoms with Crippen molar-refractivity contribution in [2.75, 3.05) is 38.2 Å². The minimum absolute atomic E-state index is 0.228. The molecule has 0 atom stereocenters. The van der Waals surface area contributed by atoms with Crippen LogP contribution in [0.1, 0.15) is 10.5 Å². The van der Waals surface area contributed by atoms with Gasteiger partial charge in [-0.05, 0) is 52.3 Å². The summed E-state index contributed by atoms with van der Waals surface area (Å²) in [7, 11) is 0. The number of nitrogens with zero attached hydrogens (tertiary/aromatic N) is 3. The third kappa shape index (κ3) is 4.21. The number of amides is 1. The number of carbonyl (C=O) groups is 1. The van der Waals surface area contributed by atoms with Crippen LogP contribution in [0.4, 0.5) is 5.69 Å². The lowest BCUT2D eigenvalue weighted by molar-refractivity contribution is 0.0365. The van der Waals surface area contributed by atoms with E-state index in [1.165, 1.54) is 5.52 Å². The molecule has 2 aromatic heterocycles. The van der Waals surface area contributed by atoms with Crippen molar-refractivity contribution in [3.05, 3.63) is 59.0 Å². The number of anilines is 1. The average molecular weight is 429 g/mol. The Bertz CT molecular complexity index is 950. The molecule has 1 aromatic carbocycles. The summed E-state index contributed by atoms with van der Waals surface area (Å²) in [5.74, 6) is -0.228. The first kappa shape index (κ1) is 18.2. The van der Waals surface area contributed by atoms with Crippen LogP contribution < -0.4 is 5.32 Å². The molecule has 0 bridgehead atoms. The van der Waals surface area contributed by atoms with Crippen LogP contribution in [0.5, 0.6) is 0 Å². The van der Waals surface area contributed by atoms with Crippen molar-refractivity contribution in [2.24, 2.45) is 0 Å². The molecule has 0 unspecified atom stereocenters. The predicted molar refractivity (Wildman–Crippen MR) is 109 cm³/mol. The topological polar surface area (TPSA) is 59.4 Å². The number of hydrogen-bond donors (Lipinski definition) is 1. The van der Waals surface area contributed by atoms with E-state index >= 15 is 0 Å². The number of hydrogen-bond acceptors (Lipinski definition) is 4. The Labute approximate surface area is 166 Å². The molecule has 4 rings (SSSR count). The fraction of sp³-hybridized carbons (Fsp3) is 0.300. The van der Waals surface area contributed by atoms with E-state index in [-0.39, 0.29) is 5.91 Å². The quantitative estimate of drug-likeness (QED) is 0.676. The maximum atomic E-state index is 12.4. The van der Waals surface area contributed by atoms with Gasteiger partial charge in [0.25, 0.3) is 5.91 Å². The Hall–Kier alpha value is -2.22. The van der Waals surface area contributed by atoms with Crippen molar-refractivity contribution in [3.63, 3.8) is 0 Å². The van der Waals surface area contributed by atoms with Crippen LogP contribution in [0.2, 0.25) is 0 Å². The van der Waals surface area contributed by atoms with Crippen molar-refractivity contribution < 1.29 is 9.53 Å². The van der Waals surface area contributed by atoms with Gasteiger partial charge in [-0.3, -0.25) is 9.69 Å². The van der Waals surface area contributed by atoms with E-state index in [1.54, 1.807) is 18.3 Å². The molecule has 1 amide bonds. The number of fused-ring (bicyclic) bond motifs is 1.